The van der Waals surface area contributed by atoms with Gasteiger partial charge in [0, 0.05) is 15.1 Å². The first-order valence-electron chi connectivity index (χ1n) is 10.3. The maximum atomic E-state index is 12.9. The van der Waals surface area contributed by atoms with E-state index in [1.807, 2.05) is 59.8 Å². The molecule has 2 aromatic carbocycles. The van der Waals surface area contributed by atoms with Crippen LogP contribution in [0.2, 0.25) is 0 Å². The molecular formula is C24H22Br2N2O4S. The Morgan fingerprint density at radius 2 is 1.94 bits per heavy atom. The average Bonchev–Trinajstić information content (AvgIpc) is 3.26. The Balaban J connectivity index is 1.71. The molecule has 0 amide bonds. The normalized spacial score (nSPS) is 17.1. The van der Waals surface area contributed by atoms with Crippen molar-refractivity contribution in [3.8, 4) is 11.5 Å². The van der Waals surface area contributed by atoms with Gasteiger partial charge in [-0.2, -0.15) is 0 Å². The summed E-state index contributed by atoms with van der Waals surface area (Å²) >= 11 is 8.66. The minimum atomic E-state index is -0.411. The SMILES string of the molecule is CCOC(=O)C1=C(C)N=C2SC=CN2[C@H]1c1cc(OC)c(OCc2ccc(Br)cc2)cc1Br. The van der Waals surface area contributed by atoms with Crippen molar-refractivity contribution in [2.75, 3.05) is 13.7 Å². The average molecular weight is 594 g/mol. The molecule has 2 heterocycles. The third-order valence-corrected chi connectivity index (χ3v) is 7.19. The summed E-state index contributed by atoms with van der Waals surface area (Å²) in [5, 5.41) is 2.76. The van der Waals surface area contributed by atoms with E-state index in [9.17, 15) is 4.79 Å². The summed E-state index contributed by atoms with van der Waals surface area (Å²) in [7, 11) is 1.60. The molecule has 2 aromatic rings. The van der Waals surface area contributed by atoms with Crippen molar-refractivity contribution in [3.05, 3.63) is 79.3 Å². The maximum absolute atomic E-state index is 12.9. The number of hydrogen-bond acceptors (Lipinski definition) is 7. The zero-order valence-electron chi connectivity index (χ0n) is 18.3. The summed E-state index contributed by atoms with van der Waals surface area (Å²) in [5.41, 5.74) is 3.03. The van der Waals surface area contributed by atoms with Crippen molar-refractivity contribution in [1.29, 1.82) is 0 Å². The first-order valence-corrected chi connectivity index (χ1v) is 12.7. The largest absolute Gasteiger partial charge is 0.493 e. The summed E-state index contributed by atoms with van der Waals surface area (Å²) in [6.45, 7) is 4.32. The Bertz CT molecular complexity index is 1160. The monoisotopic (exact) mass is 592 g/mol. The van der Waals surface area contributed by atoms with Crippen LogP contribution in [0.5, 0.6) is 11.5 Å². The number of aliphatic imine (C=N–C) groups is 1. The molecule has 0 radical (unpaired) electrons. The fraction of sp³-hybridized carbons (Fsp3) is 0.250. The van der Waals surface area contributed by atoms with Crippen LogP contribution in [0.1, 0.15) is 31.0 Å². The quantitative estimate of drug-likeness (QED) is 0.339. The maximum Gasteiger partial charge on any atom is 0.338 e. The van der Waals surface area contributed by atoms with Crippen LogP contribution >= 0.6 is 43.6 Å². The van der Waals surface area contributed by atoms with E-state index >= 15 is 0 Å². The fourth-order valence-electron chi connectivity index (χ4n) is 3.65. The lowest BCUT2D eigenvalue weighted by atomic mass is 9.94. The van der Waals surface area contributed by atoms with Crippen molar-refractivity contribution >= 4 is 54.8 Å². The zero-order valence-corrected chi connectivity index (χ0v) is 22.3. The second kappa shape index (κ2) is 10.4. The predicted molar refractivity (Wildman–Crippen MR) is 137 cm³/mol. The Hall–Kier alpha value is -2.23. The van der Waals surface area contributed by atoms with Gasteiger partial charge in [-0.3, -0.25) is 0 Å². The Labute approximate surface area is 213 Å². The van der Waals surface area contributed by atoms with Crippen LogP contribution in [0.15, 0.2) is 73.2 Å². The van der Waals surface area contributed by atoms with Gasteiger partial charge in [0.25, 0.3) is 0 Å². The molecule has 2 aliphatic heterocycles. The molecule has 0 spiro atoms. The Morgan fingerprint density at radius 1 is 1.18 bits per heavy atom. The molecule has 1 atom stereocenters. The van der Waals surface area contributed by atoms with Crippen LogP contribution in [-0.4, -0.2) is 29.8 Å². The first kappa shape index (κ1) is 23.9. The first-order chi connectivity index (χ1) is 15.9. The van der Waals surface area contributed by atoms with E-state index in [1.165, 1.54) is 11.8 Å². The summed E-state index contributed by atoms with van der Waals surface area (Å²) in [6, 6.07) is 11.3. The van der Waals surface area contributed by atoms with Crippen LogP contribution in [0, 0.1) is 0 Å². The topological polar surface area (TPSA) is 60.4 Å². The van der Waals surface area contributed by atoms with Gasteiger partial charge in [0.15, 0.2) is 16.7 Å². The van der Waals surface area contributed by atoms with Gasteiger partial charge in [-0.25, -0.2) is 9.79 Å². The molecule has 9 heteroatoms. The molecule has 0 saturated carbocycles. The smallest absolute Gasteiger partial charge is 0.338 e. The van der Waals surface area contributed by atoms with Gasteiger partial charge in [0.1, 0.15) is 6.61 Å². The number of carbonyl (C=O) groups excluding carboxylic acids is 1. The molecule has 0 N–H and O–H groups in total. The van der Waals surface area contributed by atoms with Crippen LogP contribution < -0.4 is 9.47 Å². The number of rotatable bonds is 7. The zero-order chi connectivity index (χ0) is 23.5. The third kappa shape index (κ3) is 5.00. The van der Waals surface area contributed by atoms with Crippen molar-refractivity contribution in [2.24, 2.45) is 4.99 Å². The number of allylic oxidation sites excluding steroid dienone is 1. The number of esters is 1. The highest BCUT2D eigenvalue weighted by Gasteiger charge is 2.38. The molecule has 0 fully saturated rings. The van der Waals surface area contributed by atoms with Gasteiger partial charge < -0.3 is 19.1 Å². The summed E-state index contributed by atoms with van der Waals surface area (Å²) in [4.78, 5) is 19.5. The number of amidine groups is 1. The lowest BCUT2D eigenvalue weighted by Crippen LogP contribution is -2.34. The highest BCUT2D eigenvalue weighted by atomic mass is 79.9. The summed E-state index contributed by atoms with van der Waals surface area (Å²) < 4.78 is 18.9. The van der Waals surface area contributed by atoms with Gasteiger partial charge in [-0.15, -0.1) is 0 Å². The number of benzene rings is 2. The van der Waals surface area contributed by atoms with Crippen molar-refractivity contribution in [2.45, 2.75) is 26.5 Å². The van der Waals surface area contributed by atoms with Gasteiger partial charge in [-0.1, -0.05) is 55.8 Å². The van der Waals surface area contributed by atoms with Crippen molar-refractivity contribution in [3.63, 3.8) is 0 Å². The summed E-state index contributed by atoms with van der Waals surface area (Å²) in [6.07, 6.45) is 1.93. The molecule has 0 aliphatic carbocycles. The molecule has 33 heavy (non-hydrogen) atoms. The van der Waals surface area contributed by atoms with Crippen molar-refractivity contribution < 1.29 is 19.0 Å². The Kier molecular flexibility index (Phi) is 7.51. The molecule has 0 unspecified atom stereocenters. The van der Waals surface area contributed by atoms with E-state index in [2.05, 4.69) is 36.9 Å². The minimum absolute atomic E-state index is 0.289. The number of ether oxygens (including phenoxy) is 3. The molecule has 2 aliphatic rings. The van der Waals surface area contributed by atoms with Crippen LogP contribution in [0.3, 0.4) is 0 Å². The summed E-state index contributed by atoms with van der Waals surface area (Å²) in [5.74, 6) is 0.797. The molecule has 172 valence electrons. The number of hydrogen-bond donors (Lipinski definition) is 0. The van der Waals surface area contributed by atoms with Gasteiger partial charge in [0.2, 0.25) is 0 Å². The molecule has 0 bridgehead atoms. The van der Waals surface area contributed by atoms with E-state index in [1.54, 1.807) is 14.0 Å². The second-order valence-corrected chi connectivity index (χ2v) is 9.91. The van der Waals surface area contributed by atoms with E-state index in [0.29, 0.717) is 29.4 Å². The molecule has 0 aromatic heterocycles. The molecule has 4 rings (SSSR count). The standard InChI is InChI=1S/C24H22Br2N2O4S/c1-4-31-23(29)21-14(2)27-24-28(9-10-33-24)22(21)17-11-19(30-3)20(12-18(17)26)32-13-15-5-7-16(25)8-6-15/h5-12,22H,4,13H2,1-3H3/t22-/m0/s1. The van der Waals surface area contributed by atoms with E-state index < -0.39 is 6.04 Å². The van der Waals surface area contributed by atoms with Crippen LogP contribution in [0.4, 0.5) is 0 Å². The van der Waals surface area contributed by atoms with Crippen LogP contribution in [-0.2, 0) is 16.1 Å². The molecular weight excluding hydrogens is 572 g/mol. The Morgan fingerprint density at radius 3 is 2.64 bits per heavy atom. The molecule has 0 saturated heterocycles. The van der Waals surface area contributed by atoms with Gasteiger partial charge >= 0.3 is 5.97 Å². The number of carbonyl (C=O) groups is 1. The number of methoxy groups -OCH3 is 1. The molecule has 6 nitrogen and oxygen atoms in total. The van der Waals surface area contributed by atoms with Gasteiger partial charge in [-0.05, 0) is 54.6 Å². The highest BCUT2D eigenvalue weighted by molar-refractivity contribution is 9.10. The van der Waals surface area contributed by atoms with E-state index in [0.717, 1.165) is 25.2 Å². The minimum Gasteiger partial charge on any atom is -0.493 e. The van der Waals surface area contributed by atoms with E-state index in [4.69, 9.17) is 14.2 Å². The number of thioether (sulfide) groups is 1. The lowest BCUT2D eigenvalue weighted by Gasteiger charge is -2.34. The number of fused-ring (bicyclic) bond motifs is 1. The van der Waals surface area contributed by atoms with E-state index in [-0.39, 0.29) is 12.6 Å². The predicted octanol–water partition coefficient (Wildman–Crippen LogP) is 6.57. The number of halogens is 2. The highest BCUT2D eigenvalue weighted by Crippen LogP contribution is 2.46. The van der Waals surface area contributed by atoms with Gasteiger partial charge in [0.05, 0.1) is 31.0 Å². The fourth-order valence-corrected chi connectivity index (χ4v) is 5.25. The third-order valence-electron chi connectivity index (χ3n) is 5.20. The van der Waals surface area contributed by atoms with Crippen LogP contribution in [0.25, 0.3) is 0 Å². The number of nitrogens with zero attached hydrogens (tertiary/aromatic N) is 2. The van der Waals surface area contributed by atoms with Crippen molar-refractivity contribution in [1.82, 2.24) is 4.90 Å². The lowest BCUT2D eigenvalue weighted by molar-refractivity contribution is -0.139. The second-order valence-electron chi connectivity index (χ2n) is 7.27.